The van der Waals surface area contributed by atoms with Crippen molar-refractivity contribution in [2.24, 2.45) is 0 Å². The number of anilines is 1. The second kappa shape index (κ2) is 7.92. The predicted molar refractivity (Wildman–Crippen MR) is 98.2 cm³/mol. The van der Waals surface area contributed by atoms with Gasteiger partial charge in [-0.25, -0.2) is 9.37 Å². The van der Waals surface area contributed by atoms with Crippen molar-refractivity contribution in [2.75, 3.05) is 19.0 Å². The second-order valence-corrected chi connectivity index (χ2v) is 6.44. The first-order valence-electron chi connectivity index (χ1n) is 7.83. The fourth-order valence-electron chi connectivity index (χ4n) is 2.27. The number of ether oxygens (including phenoxy) is 1. The van der Waals surface area contributed by atoms with Crippen LogP contribution in [0.1, 0.15) is 16.8 Å². The minimum absolute atomic E-state index is 0.103. The molecule has 2 aromatic carbocycles. The van der Waals surface area contributed by atoms with Gasteiger partial charge < -0.3 is 15.4 Å². The van der Waals surface area contributed by atoms with Crippen LogP contribution in [0.2, 0.25) is 0 Å². The Hall–Kier alpha value is -3.00. The molecule has 0 saturated carbocycles. The summed E-state index contributed by atoms with van der Waals surface area (Å²) in [6.45, 7) is 0.191. The first-order valence-corrected chi connectivity index (χ1v) is 8.65. The molecule has 2 N–H and O–H groups in total. The van der Waals surface area contributed by atoms with Gasteiger partial charge in [0.2, 0.25) is 5.91 Å². The number of nitrogens with zero attached hydrogens (tertiary/aromatic N) is 1. The number of aromatic nitrogens is 1. The normalized spacial score (nSPS) is 10.5. The maximum atomic E-state index is 13.2. The number of hydrogen-bond acceptors (Lipinski definition) is 5. The third kappa shape index (κ3) is 4.34. The highest BCUT2D eigenvalue weighted by molar-refractivity contribution is 7.22. The van der Waals surface area contributed by atoms with Gasteiger partial charge in [0, 0.05) is 18.5 Å². The number of amides is 2. The molecule has 1 heterocycles. The first-order chi connectivity index (χ1) is 12.5. The van der Waals surface area contributed by atoms with Gasteiger partial charge in [-0.2, -0.15) is 0 Å². The van der Waals surface area contributed by atoms with Gasteiger partial charge in [0.05, 0.1) is 17.3 Å². The van der Waals surface area contributed by atoms with Crippen molar-refractivity contribution in [1.82, 2.24) is 10.3 Å². The van der Waals surface area contributed by atoms with E-state index < -0.39 is 0 Å². The molecule has 0 aliphatic rings. The number of methoxy groups -OCH3 is 1. The number of benzene rings is 2. The number of halogens is 1. The summed E-state index contributed by atoms with van der Waals surface area (Å²) < 4.78 is 18.9. The Morgan fingerprint density at radius 1 is 1.19 bits per heavy atom. The van der Waals surface area contributed by atoms with Gasteiger partial charge in [-0.15, -0.1) is 0 Å². The number of carbonyl (C=O) groups is 2. The van der Waals surface area contributed by atoms with E-state index in [0.29, 0.717) is 26.7 Å². The quantitative estimate of drug-likeness (QED) is 0.695. The van der Waals surface area contributed by atoms with Crippen LogP contribution in [-0.2, 0) is 4.79 Å². The van der Waals surface area contributed by atoms with Crippen LogP contribution in [0.5, 0.6) is 5.75 Å². The highest BCUT2D eigenvalue weighted by atomic mass is 32.1. The van der Waals surface area contributed by atoms with Gasteiger partial charge >= 0.3 is 0 Å². The molecule has 134 valence electrons. The van der Waals surface area contributed by atoms with Gasteiger partial charge in [-0.05, 0) is 42.5 Å². The molecule has 26 heavy (non-hydrogen) atoms. The number of rotatable bonds is 6. The Labute approximate surface area is 153 Å². The largest absolute Gasteiger partial charge is 0.497 e. The second-order valence-electron chi connectivity index (χ2n) is 5.41. The fourth-order valence-corrected chi connectivity index (χ4v) is 3.17. The van der Waals surface area contributed by atoms with E-state index in [-0.39, 0.29) is 30.6 Å². The Kier molecular flexibility index (Phi) is 5.43. The molecule has 2 amide bonds. The van der Waals surface area contributed by atoms with Gasteiger partial charge in [-0.3, -0.25) is 9.59 Å². The Balaban J connectivity index is 1.49. The van der Waals surface area contributed by atoms with E-state index in [9.17, 15) is 14.0 Å². The minimum atomic E-state index is -0.347. The average molecular weight is 373 g/mol. The van der Waals surface area contributed by atoms with Crippen LogP contribution in [0.4, 0.5) is 9.52 Å². The third-order valence-corrected chi connectivity index (χ3v) is 4.52. The summed E-state index contributed by atoms with van der Waals surface area (Å²) in [5, 5.41) is 5.74. The zero-order chi connectivity index (χ0) is 18.5. The van der Waals surface area contributed by atoms with Gasteiger partial charge in [0.25, 0.3) is 5.91 Å². The SMILES string of the molecule is COc1ccc(C(=O)NCCC(=O)Nc2nc3ccc(F)cc3s2)cc1. The van der Waals surface area contributed by atoms with Crippen LogP contribution in [0.3, 0.4) is 0 Å². The van der Waals surface area contributed by atoms with Crippen LogP contribution in [-0.4, -0.2) is 30.5 Å². The molecular weight excluding hydrogens is 357 g/mol. The van der Waals surface area contributed by atoms with E-state index in [0.717, 1.165) is 0 Å². The minimum Gasteiger partial charge on any atom is -0.497 e. The number of nitrogens with one attached hydrogen (secondary N) is 2. The summed E-state index contributed by atoms with van der Waals surface area (Å²) in [6.07, 6.45) is 0.103. The van der Waals surface area contributed by atoms with E-state index in [1.807, 2.05) is 0 Å². The molecule has 0 radical (unpaired) electrons. The topological polar surface area (TPSA) is 80.3 Å². The monoisotopic (exact) mass is 373 g/mol. The molecule has 0 unspecified atom stereocenters. The number of hydrogen-bond donors (Lipinski definition) is 2. The van der Waals surface area contributed by atoms with Crippen molar-refractivity contribution < 1.29 is 18.7 Å². The van der Waals surface area contributed by atoms with Crippen molar-refractivity contribution >= 4 is 38.5 Å². The molecule has 0 bridgehead atoms. The van der Waals surface area contributed by atoms with Gasteiger partial charge in [0.1, 0.15) is 11.6 Å². The lowest BCUT2D eigenvalue weighted by molar-refractivity contribution is -0.116. The molecule has 0 fully saturated rings. The van der Waals surface area contributed by atoms with Crippen LogP contribution in [0, 0.1) is 5.82 Å². The van der Waals surface area contributed by atoms with Crippen molar-refractivity contribution in [3.05, 3.63) is 53.8 Å². The highest BCUT2D eigenvalue weighted by Gasteiger charge is 2.10. The van der Waals surface area contributed by atoms with E-state index in [2.05, 4.69) is 15.6 Å². The van der Waals surface area contributed by atoms with Gasteiger partial charge in [0.15, 0.2) is 5.13 Å². The van der Waals surface area contributed by atoms with Crippen LogP contribution >= 0.6 is 11.3 Å². The number of thiazole rings is 1. The predicted octanol–water partition coefficient (Wildman–Crippen LogP) is 3.20. The maximum absolute atomic E-state index is 13.2. The zero-order valence-corrected chi connectivity index (χ0v) is 14.7. The van der Waals surface area contributed by atoms with E-state index in [1.54, 1.807) is 37.4 Å². The Morgan fingerprint density at radius 2 is 1.96 bits per heavy atom. The lowest BCUT2D eigenvalue weighted by atomic mass is 10.2. The molecule has 0 atom stereocenters. The molecular formula is C18H16FN3O3S. The third-order valence-electron chi connectivity index (χ3n) is 3.59. The van der Waals surface area contributed by atoms with Gasteiger partial charge in [-0.1, -0.05) is 11.3 Å². The Bertz CT molecular complexity index is 941. The van der Waals surface area contributed by atoms with Crippen LogP contribution < -0.4 is 15.4 Å². The molecule has 0 aliphatic carbocycles. The summed E-state index contributed by atoms with van der Waals surface area (Å²) in [5.41, 5.74) is 1.11. The molecule has 0 saturated heterocycles. The van der Waals surface area contributed by atoms with Crippen molar-refractivity contribution in [3.8, 4) is 5.75 Å². The maximum Gasteiger partial charge on any atom is 0.251 e. The Morgan fingerprint density at radius 3 is 2.69 bits per heavy atom. The van der Waals surface area contributed by atoms with Crippen LogP contribution in [0.25, 0.3) is 10.2 Å². The fraction of sp³-hybridized carbons (Fsp3) is 0.167. The summed E-state index contributed by atoms with van der Waals surface area (Å²) >= 11 is 1.20. The summed E-state index contributed by atoms with van der Waals surface area (Å²) in [7, 11) is 1.55. The highest BCUT2D eigenvalue weighted by Crippen LogP contribution is 2.26. The molecule has 0 aliphatic heterocycles. The number of fused-ring (bicyclic) bond motifs is 1. The lowest BCUT2D eigenvalue weighted by Gasteiger charge is -2.06. The summed E-state index contributed by atoms with van der Waals surface area (Å²) in [5.74, 6) is -0.229. The zero-order valence-electron chi connectivity index (χ0n) is 13.9. The lowest BCUT2D eigenvalue weighted by Crippen LogP contribution is -2.27. The molecule has 0 spiro atoms. The van der Waals surface area contributed by atoms with E-state index in [4.69, 9.17) is 4.74 Å². The molecule has 3 rings (SSSR count). The van der Waals surface area contributed by atoms with Crippen molar-refractivity contribution in [3.63, 3.8) is 0 Å². The first kappa shape index (κ1) is 17.8. The van der Waals surface area contributed by atoms with Crippen molar-refractivity contribution in [2.45, 2.75) is 6.42 Å². The number of carbonyl (C=O) groups excluding carboxylic acids is 2. The molecule has 8 heteroatoms. The van der Waals surface area contributed by atoms with Crippen molar-refractivity contribution in [1.29, 1.82) is 0 Å². The summed E-state index contributed by atoms with van der Waals surface area (Å²) in [4.78, 5) is 28.2. The smallest absolute Gasteiger partial charge is 0.251 e. The van der Waals surface area contributed by atoms with E-state index in [1.165, 1.54) is 23.5 Å². The standard InChI is InChI=1S/C18H16FN3O3S/c1-25-13-5-2-11(3-6-13)17(24)20-9-8-16(23)22-18-21-14-7-4-12(19)10-15(14)26-18/h2-7,10H,8-9H2,1H3,(H,20,24)(H,21,22,23). The molecule has 6 nitrogen and oxygen atoms in total. The average Bonchev–Trinajstić information content (AvgIpc) is 3.02. The molecule has 1 aromatic heterocycles. The summed E-state index contributed by atoms with van der Waals surface area (Å²) in [6, 6.07) is 10.9. The molecule has 3 aromatic rings. The van der Waals surface area contributed by atoms with Crippen LogP contribution in [0.15, 0.2) is 42.5 Å². The van der Waals surface area contributed by atoms with E-state index >= 15 is 0 Å².